The third-order valence-electron chi connectivity index (χ3n) is 6.82. The molecule has 2 fully saturated rings. The molecule has 3 heterocycles. The monoisotopic (exact) mass is 513 g/mol. The van der Waals surface area contributed by atoms with Crippen LogP contribution in [-0.2, 0) is 4.79 Å². The Balaban J connectivity index is 1.13. The molecular formula is C26H26Cl2FN5O. The fourth-order valence-corrected chi connectivity index (χ4v) is 5.20. The van der Waals surface area contributed by atoms with Gasteiger partial charge in [-0.2, -0.15) is 0 Å². The van der Waals surface area contributed by atoms with E-state index in [1.807, 2.05) is 29.2 Å². The summed E-state index contributed by atoms with van der Waals surface area (Å²) in [6.07, 6.45) is 1.58. The van der Waals surface area contributed by atoms with Gasteiger partial charge in [-0.25, -0.2) is 4.39 Å². The summed E-state index contributed by atoms with van der Waals surface area (Å²) in [4.78, 5) is 19.5. The van der Waals surface area contributed by atoms with Crippen molar-refractivity contribution < 1.29 is 9.18 Å². The molecule has 35 heavy (non-hydrogen) atoms. The molecule has 6 nitrogen and oxygen atoms in total. The van der Waals surface area contributed by atoms with Crippen molar-refractivity contribution in [2.45, 2.75) is 12.8 Å². The van der Waals surface area contributed by atoms with E-state index in [4.69, 9.17) is 23.2 Å². The van der Waals surface area contributed by atoms with Crippen LogP contribution < -0.4 is 9.80 Å². The second-order valence-corrected chi connectivity index (χ2v) is 9.72. The SMILES string of the molecule is O=C(C1CCN(c2ccc(-c3ccc(F)cc3)nn2)CC1)N1CCN(c2cccc(Cl)c2Cl)CC1. The number of hydrogen-bond donors (Lipinski definition) is 0. The summed E-state index contributed by atoms with van der Waals surface area (Å²) >= 11 is 12.5. The Hall–Kier alpha value is -2.90. The van der Waals surface area contributed by atoms with E-state index in [0.717, 1.165) is 56.1 Å². The Morgan fingerprint density at radius 2 is 1.54 bits per heavy atom. The fraction of sp³-hybridized carbons (Fsp3) is 0.346. The lowest BCUT2D eigenvalue weighted by Crippen LogP contribution is -2.51. The van der Waals surface area contributed by atoms with E-state index in [0.29, 0.717) is 28.8 Å². The predicted molar refractivity (Wildman–Crippen MR) is 138 cm³/mol. The summed E-state index contributed by atoms with van der Waals surface area (Å²) < 4.78 is 13.2. The molecule has 0 bridgehead atoms. The smallest absolute Gasteiger partial charge is 0.225 e. The number of aromatic nitrogens is 2. The highest BCUT2D eigenvalue weighted by atomic mass is 35.5. The van der Waals surface area contributed by atoms with Crippen molar-refractivity contribution in [2.24, 2.45) is 5.92 Å². The summed E-state index contributed by atoms with van der Waals surface area (Å²) in [7, 11) is 0. The zero-order valence-electron chi connectivity index (χ0n) is 19.2. The van der Waals surface area contributed by atoms with Crippen LogP contribution in [0.4, 0.5) is 15.9 Å². The third kappa shape index (κ3) is 5.21. The van der Waals surface area contributed by atoms with Crippen molar-refractivity contribution in [1.29, 1.82) is 0 Å². The second-order valence-electron chi connectivity index (χ2n) is 8.93. The number of carbonyl (C=O) groups excluding carboxylic acids is 1. The first-order valence-corrected chi connectivity index (χ1v) is 12.6. The Bertz CT molecular complexity index is 1180. The van der Waals surface area contributed by atoms with Crippen molar-refractivity contribution in [3.8, 4) is 11.3 Å². The van der Waals surface area contributed by atoms with Crippen LogP contribution in [0.15, 0.2) is 54.6 Å². The normalized spacial score (nSPS) is 17.1. The molecule has 2 aromatic carbocycles. The van der Waals surface area contributed by atoms with Gasteiger partial charge in [0.15, 0.2) is 5.82 Å². The number of anilines is 2. The summed E-state index contributed by atoms with van der Waals surface area (Å²) in [6, 6.07) is 15.7. The molecule has 1 amide bonds. The van der Waals surface area contributed by atoms with E-state index in [9.17, 15) is 9.18 Å². The summed E-state index contributed by atoms with van der Waals surface area (Å²) in [6.45, 7) is 4.36. The molecule has 0 saturated carbocycles. The van der Waals surface area contributed by atoms with Crippen molar-refractivity contribution in [3.63, 3.8) is 0 Å². The van der Waals surface area contributed by atoms with Crippen LogP contribution in [0.1, 0.15) is 12.8 Å². The van der Waals surface area contributed by atoms with E-state index in [1.54, 1.807) is 18.2 Å². The zero-order chi connectivity index (χ0) is 24.4. The van der Waals surface area contributed by atoms with Crippen LogP contribution in [0.2, 0.25) is 10.0 Å². The second kappa shape index (κ2) is 10.4. The maximum absolute atomic E-state index is 13.2. The third-order valence-corrected chi connectivity index (χ3v) is 7.63. The molecule has 0 N–H and O–H groups in total. The fourth-order valence-electron chi connectivity index (χ4n) is 4.79. The maximum Gasteiger partial charge on any atom is 0.225 e. The first kappa shape index (κ1) is 23.8. The number of nitrogens with zero attached hydrogens (tertiary/aromatic N) is 5. The molecule has 2 saturated heterocycles. The van der Waals surface area contributed by atoms with Gasteiger partial charge in [-0.15, -0.1) is 10.2 Å². The molecule has 0 spiro atoms. The number of piperidine rings is 1. The average Bonchev–Trinajstić information content (AvgIpc) is 2.91. The molecule has 3 aromatic rings. The van der Waals surface area contributed by atoms with Crippen LogP contribution in [0.5, 0.6) is 0 Å². The molecule has 0 radical (unpaired) electrons. The topological polar surface area (TPSA) is 52.6 Å². The number of halogens is 3. The van der Waals surface area contributed by atoms with Crippen LogP contribution in [-0.4, -0.2) is 60.3 Å². The van der Waals surface area contributed by atoms with Gasteiger partial charge in [0.05, 0.1) is 21.4 Å². The van der Waals surface area contributed by atoms with Gasteiger partial charge in [-0.3, -0.25) is 4.79 Å². The zero-order valence-corrected chi connectivity index (χ0v) is 20.7. The number of amides is 1. The Labute approximate surface area is 214 Å². The van der Waals surface area contributed by atoms with Crippen LogP contribution in [0, 0.1) is 11.7 Å². The van der Waals surface area contributed by atoms with E-state index < -0.39 is 0 Å². The number of hydrogen-bond acceptors (Lipinski definition) is 5. The van der Waals surface area contributed by atoms with Crippen LogP contribution in [0.25, 0.3) is 11.3 Å². The molecule has 0 unspecified atom stereocenters. The van der Waals surface area contributed by atoms with Gasteiger partial charge in [0.2, 0.25) is 5.91 Å². The lowest BCUT2D eigenvalue weighted by atomic mass is 9.95. The molecule has 5 rings (SSSR count). The molecule has 9 heteroatoms. The quantitative estimate of drug-likeness (QED) is 0.482. The lowest BCUT2D eigenvalue weighted by Gasteiger charge is -2.39. The molecule has 2 aliphatic heterocycles. The Morgan fingerprint density at radius 3 is 2.20 bits per heavy atom. The largest absolute Gasteiger partial charge is 0.367 e. The van der Waals surface area contributed by atoms with E-state index in [-0.39, 0.29) is 17.6 Å². The van der Waals surface area contributed by atoms with Gasteiger partial charge in [0.1, 0.15) is 5.82 Å². The lowest BCUT2D eigenvalue weighted by molar-refractivity contribution is -0.136. The van der Waals surface area contributed by atoms with E-state index in [2.05, 4.69) is 20.0 Å². The first-order valence-electron chi connectivity index (χ1n) is 11.8. The number of carbonyl (C=O) groups is 1. The predicted octanol–water partition coefficient (Wildman–Crippen LogP) is 5.15. The maximum atomic E-state index is 13.2. The van der Waals surface area contributed by atoms with Crippen LogP contribution >= 0.6 is 23.2 Å². The minimum atomic E-state index is -0.275. The van der Waals surface area contributed by atoms with Gasteiger partial charge in [0, 0.05) is 50.7 Å². The molecule has 2 aliphatic rings. The highest BCUT2D eigenvalue weighted by molar-refractivity contribution is 6.43. The minimum absolute atomic E-state index is 0.0269. The van der Waals surface area contributed by atoms with Crippen LogP contribution in [0.3, 0.4) is 0 Å². The molecular weight excluding hydrogens is 488 g/mol. The van der Waals surface area contributed by atoms with Gasteiger partial charge in [-0.1, -0.05) is 29.3 Å². The molecule has 1 aromatic heterocycles. The van der Waals surface area contributed by atoms with E-state index in [1.165, 1.54) is 12.1 Å². The highest BCUT2D eigenvalue weighted by Gasteiger charge is 2.31. The summed E-state index contributed by atoms with van der Waals surface area (Å²) in [5, 5.41) is 9.80. The standard InChI is InChI=1S/C26H26Cl2FN5O/c27-21-2-1-3-23(25(21)28)32-14-16-34(17-15-32)26(35)19-10-12-33(13-11-19)24-9-8-22(30-31-24)18-4-6-20(29)7-5-18/h1-9,19H,10-17H2. The van der Waals surface area contributed by atoms with Gasteiger partial charge in [0.25, 0.3) is 0 Å². The first-order chi connectivity index (χ1) is 17.0. The summed E-state index contributed by atoms with van der Waals surface area (Å²) in [5.74, 6) is 0.787. The van der Waals surface area contributed by atoms with Gasteiger partial charge >= 0.3 is 0 Å². The van der Waals surface area contributed by atoms with E-state index >= 15 is 0 Å². The summed E-state index contributed by atoms with van der Waals surface area (Å²) in [5.41, 5.74) is 2.45. The molecule has 182 valence electrons. The number of rotatable bonds is 4. The van der Waals surface area contributed by atoms with Gasteiger partial charge in [-0.05, 0) is 61.4 Å². The van der Waals surface area contributed by atoms with Crippen molar-refractivity contribution in [2.75, 3.05) is 49.1 Å². The molecule has 0 aliphatic carbocycles. The number of benzene rings is 2. The van der Waals surface area contributed by atoms with Gasteiger partial charge < -0.3 is 14.7 Å². The average molecular weight is 514 g/mol. The Morgan fingerprint density at radius 1 is 0.829 bits per heavy atom. The minimum Gasteiger partial charge on any atom is -0.367 e. The highest BCUT2D eigenvalue weighted by Crippen LogP contribution is 2.33. The Kier molecular flexibility index (Phi) is 7.07. The number of piperazine rings is 1. The van der Waals surface area contributed by atoms with Crippen molar-refractivity contribution >= 4 is 40.6 Å². The van der Waals surface area contributed by atoms with Crippen molar-refractivity contribution in [3.05, 3.63) is 70.5 Å². The molecule has 0 atom stereocenters. The van der Waals surface area contributed by atoms with Crippen molar-refractivity contribution in [1.82, 2.24) is 15.1 Å².